The van der Waals surface area contributed by atoms with Crippen molar-refractivity contribution in [2.24, 2.45) is 5.73 Å². The first kappa shape index (κ1) is 21.4. The number of halogens is 2. The summed E-state index contributed by atoms with van der Waals surface area (Å²) < 4.78 is 27.3. The van der Waals surface area contributed by atoms with Crippen molar-refractivity contribution < 1.29 is 8.78 Å². The molecule has 0 bridgehead atoms. The average molecular weight is 447 g/mol. The number of benzene rings is 1. The largest absolute Gasteiger partial charge is 0.369 e. The van der Waals surface area contributed by atoms with Gasteiger partial charge in [0.15, 0.2) is 0 Å². The van der Waals surface area contributed by atoms with Crippen LogP contribution in [0.4, 0.5) is 14.5 Å². The molecule has 1 saturated heterocycles. The number of aromatic amines is 1. The van der Waals surface area contributed by atoms with Crippen LogP contribution >= 0.6 is 11.3 Å². The summed E-state index contributed by atoms with van der Waals surface area (Å²) in [6, 6.07) is 12.4. The van der Waals surface area contributed by atoms with Crippen LogP contribution in [-0.4, -0.2) is 47.5 Å². The second-order valence-electron chi connectivity index (χ2n) is 7.33. The van der Waals surface area contributed by atoms with Gasteiger partial charge in [-0.2, -0.15) is 13.9 Å². The summed E-state index contributed by atoms with van der Waals surface area (Å²) in [5, 5.41) is 9.62. The average Bonchev–Trinajstić information content (AvgIpc) is 3.40. The number of nitrogens with two attached hydrogens (primary N) is 1. The summed E-state index contributed by atoms with van der Waals surface area (Å²) in [5.41, 5.74) is 7.04. The van der Waals surface area contributed by atoms with E-state index < -0.39 is 11.8 Å². The summed E-state index contributed by atoms with van der Waals surface area (Å²) in [6.07, 6.45) is -1.99. The number of H-pyrrole nitrogens is 1. The van der Waals surface area contributed by atoms with E-state index in [9.17, 15) is 13.6 Å². The van der Waals surface area contributed by atoms with Crippen LogP contribution in [0.5, 0.6) is 0 Å². The predicted octanol–water partition coefficient (Wildman–Crippen LogP) is 2.41. The molecule has 0 aliphatic carbocycles. The molecule has 10 heteroatoms. The Labute approximate surface area is 182 Å². The summed E-state index contributed by atoms with van der Waals surface area (Å²) in [4.78, 5) is 16.6. The third-order valence-corrected chi connectivity index (χ3v) is 6.43. The van der Waals surface area contributed by atoms with E-state index in [1.54, 1.807) is 11.3 Å². The molecule has 164 valence electrons. The zero-order valence-electron chi connectivity index (χ0n) is 16.9. The normalized spacial score (nSPS) is 14.1. The molecule has 4 rings (SSSR count). The van der Waals surface area contributed by atoms with Crippen LogP contribution in [-0.2, 0) is 13.0 Å². The molecule has 0 spiro atoms. The SMILES string of the molecule is NCC(Cc1n[nH]c(=O)n1Cc1ccc(-c2cccc(N3CCNCC3)c2)s1)=C(F)F. The summed E-state index contributed by atoms with van der Waals surface area (Å²) in [5.74, 6) is 0.244. The molecule has 7 nitrogen and oxygen atoms in total. The van der Waals surface area contributed by atoms with Crippen LogP contribution in [0.25, 0.3) is 10.4 Å². The fraction of sp³-hybridized carbons (Fsp3) is 0.333. The van der Waals surface area contributed by atoms with Gasteiger partial charge in [-0.05, 0) is 29.8 Å². The molecule has 0 atom stereocenters. The molecule has 0 amide bonds. The first-order valence-electron chi connectivity index (χ1n) is 10.1. The van der Waals surface area contributed by atoms with Gasteiger partial charge in [0.05, 0.1) is 6.54 Å². The fourth-order valence-electron chi connectivity index (χ4n) is 3.61. The molecule has 0 radical (unpaired) electrons. The predicted molar refractivity (Wildman–Crippen MR) is 119 cm³/mol. The highest BCUT2D eigenvalue weighted by molar-refractivity contribution is 7.15. The van der Waals surface area contributed by atoms with E-state index in [4.69, 9.17) is 5.73 Å². The molecule has 1 aliphatic heterocycles. The lowest BCUT2D eigenvalue weighted by Gasteiger charge is -2.29. The summed E-state index contributed by atoms with van der Waals surface area (Å²) in [7, 11) is 0. The van der Waals surface area contributed by atoms with Crippen LogP contribution in [0.3, 0.4) is 0 Å². The second-order valence-corrected chi connectivity index (χ2v) is 8.50. The van der Waals surface area contributed by atoms with Crippen LogP contribution in [0, 0.1) is 0 Å². The van der Waals surface area contributed by atoms with Crippen LogP contribution in [0.2, 0.25) is 0 Å². The minimum atomic E-state index is -1.83. The number of anilines is 1. The molecule has 4 N–H and O–H groups in total. The van der Waals surface area contributed by atoms with Gasteiger partial charge in [0.2, 0.25) is 0 Å². The third-order valence-electron chi connectivity index (χ3n) is 5.31. The van der Waals surface area contributed by atoms with Gasteiger partial charge >= 0.3 is 5.69 Å². The van der Waals surface area contributed by atoms with Crippen LogP contribution in [0.1, 0.15) is 10.7 Å². The molecule has 1 aliphatic rings. The Kier molecular flexibility index (Phi) is 6.59. The van der Waals surface area contributed by atoms with Gasteiger partial charge in [-0.15, -0.1) is 11.3 Å². The Bertz CT molecular complexity index is 1120. The van der Waals surface area contributed by atoms with Crippen molar-refractivity contribution in [1.29, 1.82) is 0 Å². The number of thiophene rings is 1. The van der Waals surface area contributed by atoms with Crippen molar-refractivity contribution in [1.82, 2.24) is 20.1 Å². The van der Waals surface area contributed by atoms with Crippen molar-refractivity contribution >= 4 is 17.0 Å². The number of nitrogens with one attached hydrogen (secondary N) is 2. The zero-order chi connectivity index (χ0) is 21.8. The van der Waals surface area contributed by atoms with Gasteiger partial charge in [-0.1, -0.05) is 12.1 Å². The number of nitrogens with zero attached hydrogens (tertiary/aromatic N) is 3. The number of hydrogen-bond donors (Lipinski definition) is 3. The molecule has 2 aromatic heterocycles. The summed E-state index contributed by atoms with van der Waals surface area (Å²) in [6.45, 7) is 3.88. The number of aromatic nitrogens is 3. The van der Waals surface area contributed by atoms with E-state index in [0.29, 0.717) is 0 Å². The van der Waals surface area contributed by atoms with Gasteiger partial charge in [-0.25, -0.2) is 9.89 Å². The van der Waals surface area contributed by atoms with E-state index in [-0.39, 0.29) is 30.9 Å². The number of rotatable bonds is 7. The maximum atomic E-state index is 13.0. The lowest BCUT2D eigenvalue weighted by atomic mass is 10.1. The Hall–Kier alpha value is -2.82. The highest BCUT2D eigenvalue weighted by Crippen LogP contribution is 2.31. The molecule has 0 saturated carbocycles. The third kappa shape index (κ3) is 4.92. The first-order chi connectivity index (χ1) is 15.0. The van der Waals surface area contributed by atoms with Crippen molar-refractivity contribution in [3.05, 3.63) is 69.2 Å². The van der Waals surface area contributed by atoms with E-state index in [1.165, 1.54) is 10.3 Å². The van der Waals surface area contributed by atoms with Crippen molar-refractivity contribution in [2.75, 3.05) is 37.6 Å². The van der Waals surface area contributed by atoms with Crippen LogP contribution in [0.15, 0.2) is 52.8 Å². The fourth-order valence-corrected chi connectivity index (χ4v) is 4.60. The minimum absolute atomic E-state index is 0.164. The summed E-state index contributed by atoms with van der Waals surface area (Å²) >= 11 is 1.57. The van der Waals surface area contributed by atoms with E-state index >= 15 is 0 Å². The topological polar surface area (TPSA) is 92.0 Å². The highest BCUT2D eigenvalue weighted by atomic mass is 32.1. The molecule has 0 unspecified atom stereocenters. The van der Waals surface area contributed by atoms with Gasteiger partial charge in [0.25, 0.3) is 6.08 Å². The maximum absolute atomic E-state index is 13.0. The van der Waals surface area contributed by atoms with E-state index in [1.807, 2.05) is 12.1 Å². The van der Waals surface area contributed by atoms with E-state index in [0.717, 1.165) is 41.5 Å². The molecule has 31 heavy (non-hydrogen) atoms. The molecular weight excluding hydrogens is 422 g/mol. The smallest absolute Gasteiger partial charge is 0.343 e. The van der Waals surface area contributed by atoms with Crippen molar-refractivity contribution in [3.63, 3.8) is 0 Å². The lowest BCUT2D eigenvalue weighted by Crippen LogP contribution is -2.43. The Morgan fingerprint density at radius 3 is 2.74 bits per heavy atom. The second kappa shape index (κ2) is 9.54. The number of hydrogen-bond acceptors (Lipinski definition) is 6. The monoisotopic (exact) mass is 446 g/mol. The minimum Gasteiger partial charge on any atom is -0.369 e. The van der Waals surface area contributed by atoms with E-state index in [2.05, 4.69) is 44.7 Å². The molecule has 1 fully saturated rings. The standard InChI is InChI=1S/C21H24F2N6OS/c22-20(23)15(12-24)11-19-26-27-21(30)29(19)13-17-4-5-18(31-17)14-2-1-3-16(10-14)28-8-6-25-7-9-28/h1-5,10,25H,6-9,11-13,24H2,(H,27,30). The maximum Gasteiger partial charge on any atom is 0.343 e. The van der Waals surface area contributed by atoms with Gasteiger partial charge < -0.3 is 16.0 Å². The van der Waals surface area contributed by atoms with Crippen LogP contribution < -0.4 is 21.6 Å². The molecular formula is C21H24F2N6OS. The van der Waals surface area contributed by atoms with Gasteiger partial charge in [0, 0.05) is 60.2 Å². The Morgan fingerprint density at radius 1 is 1.19 bits per heavy atom. The Balaban J connectivity index is 1.54. The first-order valence-corrected chi connectivity index (χ1v) is 10.9. The van der Waals surface area contributed by atoms with Crippen molar-refractivity contribution in [2.45, 2.75) is 13.0 Å². The highest BCUT2D eigenvalue weighted by Gasteiger charge is 2.15. The molecule has 3 heterocycles. The lowest BCUT2D eigenvalue weighted by molar-refractivity contribution is 0.407. The van der Waals surface area contributed by atoms with Gasteiger partial charge in [0.1, 0.15) is 5.82 Å². The molecule has 3 aromatic rings. The Morgan fingerprint density at radius 2 is 2.00 bits per heavy atom. The number of piperazine rings is 1. The quantitative estimate of drug-likeness (QED) is 0.519. The van der Waals surface area contributed by atoms with Gasteiger partial charge in [-0.3, -0.25) is 4.57 Å². The van der Waals surface area contributed by atoms with Crippen molar-refractivity contribution in [3.8, 4) is 10.4 Å². The zero-order valence-corrected chi connectivity index (χ0v) is 17.7. The molecule has 1 aromatic carbocycles.